The zero-order valence-electron chi connectivity index (χ0n) is 10.2. The number of carbonyl (C=O) groups excluding carboxylic acids is 1. The summed E-state index contributed by atoms with van der Waals surface area (Å²) in [5.74, 6) is 2.54. The Morgan fingerprint density at radius 1 is 1.47 bits per heavy atom. The Kier molecular flexibility index (Phi) is 6.66. The molecule has 0 heterocycles. The summed E-state index contributed by atoms with van der Waals surface area (Å²) in [4.78, 5) is 11.9. The van der Waals surface area contributed by atoms with Crippen molar-refractivity contribution in [3.05, 3.63) is 28.2 Å². The van der Waals surface area contributed by atoms with Gasteiger partial charge in [0, 0.05) is 5.56 Å². The van der Waals surface area contributed by atoms with Crippen molar-refractivity contribution >= 4 is 33.5 Å². The van der Waals surface area contributed by atoms with Gasteiger partial charge < -0.3 is 4.74 Å². The van der Waals surface area contributed by atoms with E-state index >= 15 is 0 Å². The molecule has 0 aliphatic heterocycles. The van der Waals surface area contributed by atoms with Gasteiger partial charge in [-0.1, -0.05) is 13.3 Å². The number of halogens is 1. The van der Waals surface area contributed by atoms with Crippen LogP contribution in [0.4, 0.5) is 0 Å². The summed E-state index contributed by atoms with van der Waals surface area (Å²) in [7, 11) is 1.61. The standard InChI is InChI=1S/C13H17BrO2S/c1-3-4-7-17-9-12(15)10-5-6-13(16-2)11(14)8-10/h5-6,8H,3-4,7,9H2,1-2H3. The van der Waals surface area contributed by atoms with Crippen molar-refractivity contribution in [2.75, 3.05) is 18.6 Å². The number of rotatable bonds is 7. The molecule has 0 atom stereocenters. The van der Waals surface area contributed by atoms with E-state index in [2.05, 4.69) is 22.9 Å². The minimum Gasteiger partial charge on any atom is -0.496 e. The predicted molar refractivity (Wildman–Crippen MR) is 77.3 cm³/mol. The SMILES string of the molecule is CCCCSCC(=O)c1ccc(OC)c(Br)c1. The zero-order valence-corrected chi connectivity index (χ0v) is 12.6. The lowest BCUT2D eigenvalue weighted by molar-refractivity contribution is 0.102. The number of carbonyl (C=O) groups is 1. The molecule has 0 N–H and O–H groups in total. The first-order valence-electron chi connectivity index (χ1n) is 5.63. The fraction of sp³-hybridized carbons (Fsp3) is 0.462. The quantitative estimate of drug-likeness (QED) is 0.557. The molecule has 0 saturated heterocycles. The van der Waals surface area contributed by atoms with Gasteiger partial charge in [0.05, 0.1) is 17.3 Å². The number of Topliss-reactive ketones (excluding diaryl/α,β-unsaturated/α-hetero) is 1. The number of ether oxygens (including phenoxy) is 1. The molecule has 0 fully saturated rings. The highest BCUT2D eigenvalue weighted by Gasteiger charge is 2.08. The van der Waals surface area contributed by atoms with Crippen LogP contribution in [0.25, 0.3) is 0 Å². The molecule has 0 amide bonds. The van der Waals surface area contributed by atoms with E-state index < -0.39 is 0 Å². The van der Waals surface area contributed by atoms with Gasteiger partial charge in [-0.15, -0.1) is 0 Å². The van der Waals surface area contributed by atoms with E-state index in [0.717, 1.165) is 21.5 Å². The number of hydrogen-bond donors (Lipinski definition) is 0. The van der Waals surface area contributed by atoms with E-state index in [0.29, 0.717) is 5.75 Å². The van der Waals surface area contributed by atoms with Gasteiger partial charge in [-0.3, -0.25) is 4.79 Å². The smallest absolute Gasteiger partial charge is 0.172 e. The Hall–Kier alpha value is -0.480. The summed E-state index contributed by atoms with van der Waals surface area (Å²) in [6, 6.07) is 5.45. The number of unbranched alkanes of at least 4 members (excludes halogenated alkanes) is 1. The van der Waals surface area contributed by atoms with Crippen LogP contribution in [0.2, 0.25) is 0 Å². The van der Waals surface area contributed by atoms with Gasteiger partial charge >= 0.3 is 0 Å². The highest BCUT2D eigenvalue weighted by Crippen LogP contribution is 2.26. The third-order valence-corrected chi connectivity index (χ3v) is 4.01. The van der Waals surface area contributed by atoms with Crippen molar-refractivity contribution < 1.29 is 9.53 Å². The number of thioether (sulfide) groups is 1. The lowest BCUT2D eigenvalue weighted by Crippen LogP contribution is -2.03. The summed E-state index contributed by atoms with van der Waals surface area (Å²) in [5, 5.41) is 0. The third kappa shape index (κ3) is 4.72. The second-order valence-electron chi connectivity index (χ2n) is 3.68. The number of methoxy groups -OCH3 is 1. The maximum Gasteiger partial charge on any atom is 0.172 e. The highest BCUT2D eigenvalue weighted by atomic mass is 79.9. The number of hydrogen-bond acceptors (Lipinski definition) is 3. The second kappa shape index (κ2) is 7.77. The van der Waals surface area contributed by atoms with Gasteiger partial charge in [0.2, 0.25) is 0 Å². The van der Waals surface area contributed by atoms with Gasteiger partial charge in [-0.05, 0) is 46.3 Å². The molecule has 94 valence electrons. The van der Waals surface area contributed by atoms with Crippen LogP contribution >= 0.6 is 27.7 Å². The Labute approximate surface area is 115 Å². The first-order chi connectivity index (χ1) is 8.19. The van der Waals surface area contributed by atoms with E-state index in [4.69, 9.17) is 4.74 Å². The zero-order chi connectivity index (χ0) is 12.7. The molecule has 0 saturated carbocycles. The molecule has 17 heavy (non-hydrogen) atoms. The fourth-order valence-electron chi connectivity index (χ4n) is 1.33. The molecule has 0 spiro atoms. The largest absolute Gasteiger partial charge is 0.496 e. The van der Waals surface area contributed by atoms with Crippen molar-refractivity contribution in [1.29, 1.82) is 0 Å². The summed E-state index contributed by atoms with van der Waals surface area (Å²) in [6.07, 6.45) is 2.35. The molecule has 2 nitrogen and oxygen atoms in total. The van der Waals surface area contributed by atoms with E-state index in [9.17, 15) is 4.79 Å². The molecule has 1 rings (SSSR count). The van der Waals surface area contributed by atoms with Crippen LogP contribution in [0.15, 0.2) is 22.7 Å². The molecular weight excluding hydrogens is 300 g/mol. The van der Waals surface area contributed by atoms with E-state index in [1.54, 1.807) is 18.9 Å². The van der Waals surface area contributed by atoms with Gasteiger partial charge in [-0.2, -0.15) is 11.8 Å². The first kappa shape index (κ1) is 14.6. The molecule has 4 heteroatoms. The molecule has 0 bridgehead atoms. The van der Waals surface area contributed by atoms with Gasteiger partial charge in [0.1, 0.15) is 5.75 Å². The lowest BCUT2D eigenvalue weighted by atomic mass is 10.1. The van der Waals surface area contributed by atoms with Crippen LogP contribution in [0.1, 0.15) is 30.1 Å². The maximum atomic E-state index is 11.9. The van der Waals surface area contributed by atoms with Crippen LogP contribution in [0.3, 0.4) is 0 Å². The molecule has 0 radical (unpaired) electrons. The highest BCUT2D eigenvalue weighted by molar-refractivity contribution is 9.10. The van der Waals surface area contributed by atoms with Crippen LogP contribution in [-0.4, -0.2) is 24.4 Å². The van der Waals surface area contributed by atoms with Crippen molar-refractivity contribution in [3.63, 3.8) is 0 Å². The first-order valence-corrected chi connectivity index (χ1v) is 7.58. The molecule has 0 aliphatic rings. The molecule has 0 aromatic heterocycles. The summed E-state index contributed by atoms with van der Waals surface area (Å²) >= 11 is 5.09. The molecule has 0 unspecified atom stereocenters. The van der Waals surface area contributed by atoms with Crippen molar-refractivity contribution in [3.8, 4) is 5.75 Å². The third-order valence-electron chi connectivity index (χ3n) is 2.35. The fourth-order valence-corrected chi connectivity index (χ4v) is 2.86. The molecule has 1 aromatic rings. The molecular formula is C13H17BrO2S. The van der Waals surface area contributed by atoms with Crippen molar-refractivity contribution in [1.82, 2.24) is 0 Å². The summed E-state index contributed by atoms with van der Waals surface area (Å²) in [5.41, 5.74) is 0.738. The monoisotopic (exact) mass is 316 g/mol. The Balaban J connectivity index is 2.54. The van der Waals surface area contributed by atoms with Crippen molar-refractivity contribution in [2.24, 2.45) is 0 Å². The normalized spacial score (nSPS) is 10.3. The second-order valence-corrected chi connectivity index (χ2v) is 5.64. The summed E-state index contributed by atoms with van der Waals surface area (Å²) in [6.45, 7) is 2.16. The average Bonchev–Trinajstić information content (AvgIpc) is 2.34. The van der Waals surface area contributed by atoms with E-state index in [1.165, 1.54) is 12.8 Å². The van der Waals surface area contributed by atoms with Crippen molar-refractivity contribution in [2.45, 2.75) is 19.8 Å². The van der Waals surface area contributed by atoms with Crippen LogP contribution in [0.5, 0.6) is 5.75 Å². The average molecular weight is 317 g/mol. The predicted octanol–water partition coefficient (Wildman–Crippen LogP) is 4.17. The minimum absolute atomic E-state index is 0.175. The van der Waals surface area contributed by atoms with Crippen LogP contribution in [-0.2, 0) is 0 Å². The molecule has 1 aromatic carbocycles. The molecule has 0 aliphatic carbocycles. The van der Waals surface area contributed by atoms with Gasteiger partial charge in [0.15, 0.2) is 5.78 Å². The van der Waals surface area contributed by atoms with Gasteiger partial charge in [0.25, 0.3) is 0 Å². The topological polar surface area (TPSA) is 26.3 Å². The Bertz CT molecular complexity index is 380. The summed E-state index contributed by atoms with van der Waals surface area (Å²) < 4.78 is 5.95. The number of ketones is 1. The Morgan fingerprint density at radius 2 is 2.24 bits per heavy atom. The van der Waals surface area contributed by atoms with E-state index in [-0.39, 0.29) is 5.78 Å². The maximum absolute atomic E-state index is 11.9. The van der Waals surface area contributed by atoms with Crippen LogP contribution in [0, 0.1) is 0 Å². The van der Waals surface area contributed by atoms with Crippen LogP contribution < -0.4 is 4.74 Å². The Morgan fingerprint density at radius 3 is 2.82 bits per heavy atom. The van der Waals surface area contributed by atoms with E-state index in [1.807, 2.05) is 18.2 Å². The van der Waals surface area contributed by atoms with Gasteiger partial charge in [-0.25, -0.2) is 0 Å². The lowest BCUT2D eigenvalue weighted by Gasteiger charge is -2.05. The minimum atomic E-state index is 0.175. The number of benzene rings is 1.